The second-order valence-corrected chi connectivity index (χ2v) is 9.43. The van der Waals surface area contributed by atoms with Crippen molar-refractivity contribution in [1.29, 1.82) is 0 Å². The standard InChI is InChI=1S/C29H34O14/c1-6-7-8-9-12-36-25-23(34)20-11-10-19(13-21(20)42-28(25)35)41-29-27(40-18(5)33)26(39-17(4)32)24(38-16(3)31)22(43-29)14-37-15(2)30/h7-8,10-11,13,22,24,26-27,29,34H,6,9,12,14H2,1-5H3/b8-7+/t22-,24+,26+,27-,29-/m1/s1. The molecule has 0 unspecified atom stereocenters. The first-order valence-corrected chi connectivity index (χ1v) is 13.5. The molecule has 0 amide bonds. The van der Waals surface area contributed by atoms with Crippen molar-refractivity contribution in [3.63, 3.8) is 0 Å². The third-order valence-electron chi connectivity index (χ3n) is 5.95. The van der Waals surface area contributed by atoms with Gasteiger partial charge < -0.3 is 42.7 Å². The topological polar surface area (TPSA) is 183 Å². The molecule has 1 aromatic heterocycles. The Morgan fingerprint density at radius 1 is 0.907 bits per heavy atom. The minimum atomic E-state index is -1.50. The van der Waals surface area contributed by atoms with Gasteiger partial charge in [-0.2, -0.15) is 0 Å². The van der Waals surface area contributed by atoms with Gasteiger partial charge in [0.05, 0.1) is 12.0 Å². The molecule has 14 nitrogen and oxygen atoms in total. The second kappa shape index (κ2) is 15.0. The van der Waals surface area contributed by atoms with Crippen LogP contribution in [0.2, 0.25) is 0 Å². The van der Waals surface area contributed by atoms with E-state index in [1.807, 2.05) is 19.1 Å². The second-order valence-electron chi connectivity index (χ2n) is 9.43. The first kappa shape index (κ1) is 32.9. The summed E-state index contributed by atoms with van der Waals surface area (Å²) in [6.07, 6.45) is -1.77. The zero-order chi connectivity index (χ0) is 31.7. The number of hydrogen-bond donors (Lipinski definition) is 1. The highest BCUT2D eigenvalue weighted by atomic mass is 16.7. The monoisotopic (exact) mass is 606 g/mol. The van der Waals surface area contributed by atoms with Crippen LogP contribution in [-0.2, 0) is 42.9 Å². The van der Waals surface area contributed by atoms with Gasteiger partial charge in [0.2, 0.25) is 18.1 Å². The fourth-order valence-electron chi connectivity index (χ4n) is 4.28. The maximum atomic E-state index is 12.6. The maximum Gasteiger partial charge on any atom is 0.383 e. The summed E-state index contributed by atoms with van der Waals surface area (Å²) in [7, 11) is 0. The number of allylic oxidation sites excluding steroid dienone is 1. The Morgan fingerprint density at radius 3 is 2.19 bits per heavy atom. The number of fused-ring (bicyclic) bond motifs is 1. The van der Waals surface area contributed by atoms with E-state index in [1.54, 1.807) is 0 Å². The van der Waals surface area contributed by atoms with Gasteiger partial charge in [-0.15, -0.1) is 0 Å². The van der Waals surface area contributed by atoms with Crippen LogP contribution in [0.5, 0.6) is 17.2 Å². The van der Waals surface area contributed by atoms with Crippen LogP contribution in [0.3, 0.4) is 0 Å². The van der Waals surface area contributed by atoms with Crippen molar-refractivity contribution in [2.24, 2.45) is 0 Å². The molecular formula is C29H34O14. The molecule has 0 spiro atoms. The Balaban J connectivity index is 1.96. The van der Waals surface area contributed by atoms with Gasteiger partial charge in [-0.05, 0) is 25.0 Å². The number of benzene rings is 1. The van der Waals surface area contributed by atoms with Crippen molar-refractivity contribution >= 4 is 34.8 Å². The molecule has 0 saturated carbocycles. The van der Waals surface area contributed by atoms with E-state index < -0.39 is 72.6 Å². The predicted molar refractivity (Wildman–Crippen MR) is 146 cm³/mol. The van der Waals surface area contributed by atoms with Crippen LogP contribution < -0.4 is 15.1 Å². The summed E-state index contributed by atoms with van der Waals surface area (Å²) in [4.78, 5) is 60.0. The lowest BCUT2D eigenvalue weighted by molar-refractivity contribution is -0.288. The Hall–Kier alpha value is -4.59. The summed E-state index contributed by atoms with van der Waals surface area (Å²) >= 11 is 0. The van der Waals surface area contributed by atoms with Crippen LogP contribution >= 0.6 is 0 Å². The molecule has 0 bridgehead atoms. The highest BCUT2D eigenvalue weighted by Crippen LogP contribution is 2.35. The Labute approximate surface area is 246 Å². The summed E-state index contributed by atoms with van der Waals surface area (Å²) in [6, 6.07) is 4.08. The smallest absolute Gasteiger partial charge is 0.383 e. The van der Waals surface area contributed by atoms with Crippen molar-refractivity contribution in [2.45, 2.75) is 78.2 Å². The average molecular weight is 607 g/mol. The number of aromatic hydroxyl groups is 1. The summed E-state index contributed by atoms with van der Waals surface area (Å²) in [5.41, 5.74) is -0.988. The fraction of sp³-hybridized carbons (Fsp3) is 0.483. The zero-order valence-corrected chi connectivity index (χ0v) is 24.4. The molecule has 1 saturated heterocycles. The summed E-state index contributed by atoms with van der Waals surface area (Å²) in [5.74, 6) is -3.78. The molecule has 1 fully saturated rings. The first-order valence-electron chi connectivity index (χ1n) is 13.5. The van der Waals surface area contributed by atoms with E-state index in [4.69, 9.17) is 37.6 Å². The van der Waals surface area contributed by atoms with Crippen LogP contribution in [0.4, 0.5) is 0 Å². The lowest BCUT2D eigenvalue weighted by atomic mass is 9.98. The van der Waals surface area contributed by atoms with Gasteiger partial charge in [0.15, 0.2) is 18.0 Å². The van der Waals surface area contributed by atoms with Crippen molar-refractivity contribution in [3.05, 3.63) is 40.8 Å². The van der Waals surface area contributed by atoms with Gasteiger partial charge in [-0.3, -0.25) is 19.2 Å². The SMILES string of the molecule is CC/C=C/CCOc1c(O)c2ccc(O[C@@H]3O[C@H](COC(C)=O)[C@H](OC(C)=O)[C@H](OC(C)=O)[C@H]3OC(C)=O)cc2oc1=O. The van der Waals surface area contributed by atoms with E-state index >= 15 is 0 Å². The molecule has 234 valence electrons. The van der Waals surface area contributed by atoms with Crippen molar-refractivity contribution in [2.75, 3.05) is 13.2 Å². The van der Waals surface area contributed by atoms with Gasteiger partial charge in [-0.1, -0.05) is 19.1 Å². The normalized spacial score (nSPS) is 21.7. The van der Waals surface area contributed by atoms with Gasteiger partial charge in [-0.25, -0.2) is 4.79 Å². The molecule has 3 rings (SSSR count). The molecule has 1 aromatic carbocycles. The Bertz CT molecular complexity index is 1410. The van der Waals surface area contributed by atoms with E-state index in [9.17, 15) is 29.1 Å². The molecule has 43 heavy (non-hydrogen) atoms. The molecule has 0 aliphatic carbocycles. The molecule has 1 N–H and O–H groups in total. The van der Waals surface area contributed by atoms with E-state index in [0.717, 1.165) is 34.1 Å². The maximum absolute atomic E-state index is 12.6. The Morgan fingerprint density at radius 2 is 1.56 bits per heavy atom. The molecule has 0 radical (unpaired) electrons. The van der Waals surface area contributed by atoms with Gasteiger partial charge >= 0.3 is 29.5 Å². The van der Waals surface area contributed by atoms with Crippen LogP contribution in [0.1, 0.15) is 47.5 Å². The van der Waals surface area contributed by atoms with Crippen LogP contribution in [0.15, 0.2) is 39.6 Å². The van der Waals surface area contributed by atoms with Gasteiger partial charge in [0, 0.05) is 33.8 Å². The third-order valence-corrected chi connectivity index (χ3v) is 5.95. The highest BCUT2D eigenvalue weighted by molar-refractivity contribution is 5.86. The van der Waals surface area contributed by atoms with Gasteiger partial charge in [0.25, 0.3) is 0 Å². The number of hydrogen-bond acceptors (Lipinski definition) is 14. The average Bonchev–Trinajstić information content (AvgIpc) is 2.91. The number of carbonyl (C=O) groups excluding carboxylic acids is 4. The van der Waals surface area contributed by atoms with Crippen molar-refractivity contribution < 1.29 is 61.9 Å². The van der Waals surface area contributed by atoms with Crippen molar-refractivity contribution in [1.82, 2.24) is 0 Å². The summed E-state index contributed by atoms with van der Waals surface area (Å²) < 4.78 is 43.8. The first-order chi connectivity index (χ1) is 20.4. The van der Waals surface area contributed by atoms with E-state index in [2.05, 4.69) is 0 Å². The lowest BCUT2D eigenvalue weighted by Crippen LogP contribution is -2.63. The molecule has 1 aliphatic rings. The molecule has 1 aliphatic heterocycles. The van der Waals surface area contributed by atoms with Gasteiger partial charge in [0.1, 0.15) is 24.0 Å². The van der Waals surface area contributed by atoms with Crippen LogP contribution in [-0.4, -0.2) is 72.9 Å². The largest absolute Gasteiger partial charge is 0.504 e. The summed E-state index contributed by atoms with van der Waals surface area (Å²) in [6.45, 7) is 6.14. The minimum Gasteiger partial charge on any atom is -0.504 e. The molecule has 2 heterocycles. The van der Waals surface area contributed by atoms with Crippen LogP contribution in [0, 0.1) is 0 Å². The fourth-order valence-corrected chi connectivity index (χ4v) is 4.28. The van der Waals surface area contributed by atoms with E-state index in [1.165, 1.54) is 18.2 Å². The van der Waals surface area contributed by atoms with E-state index in [0.29, 0.717) is 6.42 Å². The predicted octanol–water partition coefficient (Wildman–Crippen LogP) is 2.70. The number of esters is 4. The van der Waals surface area contributed by atoms with Crippen molar-refractivity contribution in [3.8, 4) is 17.2 Å². The highest BCUT2D eigenvalue weighted by Gasteiger charge is 2.53. The minimum absolute atomic E-state index is 0.0225. The molecule has 2 aromatic rings. The zero-order valence-electron chi connectivity index (χ0n) is 24.4. The molecule has 14 heteroatoms. The molecule has 5 atom stereocenters. The van der Waals surface area contributed by atoms with Crippen LogP contribution in [0.25, 0.3) is 11.0 Å². The summed E-state index contributed by atoms with van der Waals surface area (Å²) in [5, 5.41) is 10.8. The lowest BCUT2D eigenvalue weighted by Gasteiger charge is -2.43. The number of rotatable bonds is 12. The Kier molecular flexibility index (Phi) is 11.5. The quantitative estimate of drug-likeness (QED) is 0.122. The third kappa shape index (κ3) is 8.95. The molecular weight excluding hydrogens is 572 g/mol. The number of ether oxygens (including phenoxy) is 7. The van der Waals surface area contributed by atoms with E-state index in [-0.39, 0.29) is 29.1 Å². The number of carbonyl (C=O) groups is 4.